The highest BCUT2D eigenvalue weighted by atomic mass is 14.9. The Morgan fingerprint density at radius 2 is 1.95 bits per heavy atom. The third-order valence-corrected chi connectivity index (χ3v) is 4.02. The van der Waals surface area contributed by atoms with Gasteiger partial charge in [-0.25, -0.2) is 0 Å². The van der Waals surface area contributed by atoms with E-state index in [1.54, 1.807) is 0 Å². The Balaban J connectivity index is 2.01. The van der Waals surface area contributed by atoms with Crippen LogP contribution in [0.2, 0.25) is 0 Å². The Hall–Kier alpha value is -1.60. The van der Waals surface area contributed by atoms with Gasteiger partial charge in [-0.15, -0.1) is 0 Å². The molecular weight excluding hydrogens is 242 g/mol. The van der Waals surface area contributed by atoms with E-state index in [1.165, 1.54) is 27.8 Å². The molecular formula is C19H23N. The smallest absolute Gasteiger partial charge is 0.0208 e. The van der Waals surface area contributed by atoms with Gasteiger partial charge in [-0.1, -0.05) is 56.3 Å². The third-order valence-electron chi connectivity index (χ3n) is 4.02. The highest BCUT2D eigenvalue weighted by Gasteiger charge is 2.13. The largest absolute Gasteiger partial charge is 0.312 e. The molecule has 104 valence electrons. The quantitative estimate of drug-likeness (QED) is 0.877. The Morgan fingerprint density at radius 3 is 2.80 bits per heavy atom. The summed E-state index contributed by atoms with van der Waals surface area (Å²) in [5.74, 6) is 0.708. The van der Waals surface area contributed by atoms with Gasteiger partial charge in [0.15, 0.2) is 0 Å². The van der Waals surface area contributed by atoms with Gasteiger partial charge in [0.2, 0.25) is 0 Å². The van der Waals surface area contributed by atoms with Crippen LogP contribution in [0.3, 0.4) is 0 Å². The molecule has 20 heavy (non-hydrogen) atoms. The minimum atomic E-state index is 0.708. The second-order valence-electron chi connectivity index (χ2n) is 6.17. The monoisotopic (exact) mass is 265 g/mol. The number of hydrogen-bond acceptors (Lipinski definition) is 1. The average Bonchev–Trinajstić information content (AvgIpc) is 2.46. The van der Waals surface area contributed by atoms with E-state index in [0.717, 1.165) is 25.9 Å². The topological polar surface area (TPSA) is 12.0 Å². The molecule has 3 rings (SSSR count). The molecule has 1 N–H and O–H groups in total. The molecule has 0 spiro atoms. The fourth-order valence-corrected chi connectivity index (χ4v) is 3.14. The van der Waals surface area contributed by atoms with E-state index in [2.05, 4.69) is 61.6 Å². The zero-order valence-corrected chi connectivity index (χ0v) is 12.4. The molecule has 1 nitrogen and oxygen atoms in total. The normalized spacial score (nSPS) is 14.3. The van der Waals surface area contributed by atoms with Gasteiger partial charge >= 0.3 is 0 Å². The first-order chi connectivity index (χ1) is 9.74. The summed E-state index contributed by atoms with van der Waals surface area (Å²) >= 11 is 0. The van der Waals surface area contributed by atoms with Gasteiger partial charge in [-0.2, -0.15) is 0 Å². The molecule has 0 amide bonds. The lowest BCUT2D eigenvalue weighted by Crippen LogP contribution is -2.24. The fraction of sp³-hybridized carbons (Fsp3) is 0.368. The lowest BCUT2D eigenvalue weighted by atomic mass is 9.90. The summed E-state index contributed by atoms with van der Waals surface area (Å²) in [7, 11) is 0. The predicted molar refractivity (Wildman–Crippen MR) is 85.8 cm³/mol. The standard InChI is InChI=1S/C19H23N/c1-14(2)11-15-5-3-6-16(12-15)18-8-4-7-17-13-20-10-9-19(17)18/h3-8,12,14,20H,9-11,13H2,1-2H3. The molecule has 0 saturated heterocycles. The van der Waals surface area contributed by atoms with Gasteiger partial charge in [-0.3, -0.25) is 0 Å². The molecule has 0 saturated carbocycles. The molecule has 1 heteroatoms. The zero-order valence-electron chi connectivity index (χ0n) is 12.4. The molecule has 0 aromatic heterocycles. The Bertz CT molecular complexity index is 598. The molecule has 1 aliphatic rings. The first-order valence-electron chi connectivity index (χ1n) is 7.65. The van der Waals surface area contributed by atoms with Crippen molar-refractivity contribution in [3.8, 4) is 11.1 Å². The van der Waals surface area contributed by atoms with Crippen molar-refractivity contribution in [1.29, 1.82) is 0 Å². The minimum Gasteiger partial charge on any atom is -0.312 e. The van der Waals surface area contributed by atoms with Crippen LogP contribution in [0.4, 0.5) is 0 Å². The van der Waals surface area contributed by atoms with Crippen LogP contribution in [0.25, 0.3) is 11.1 Å². The summed E-state index contributed by atoms with van der Waals surface area (Å²) in [6.07, 6.45) is 2.30. The number of hydrogen-bond donors (Lipinski definition) is 1. The summed E-state index contributed by atoms with van der Waals surface area (Å²) in [5.41, 5.74) is 7.25. The highest BCUT2D eigenvalue weighted by Crippen LogP contribution is 2.29. The summed E-state index contributed by atoms with van der Waals surface area (Å²) in [6, 6.07) is 15.8. The molecule has 0 radical (unpaired) electrons. The van der Waals surface area contributed by atoms with E-state index in [4.69, 9.17) is 0 Å². The minimum absolute atomic E-state index is 0.708. The Kier molecular flexibility index (Phi) is 3.88. The van der Waals surface area contributed by atoms with E-state index in [1.807, 2.05) is 0 Å². The van der Waals surface area contributed by atoms with Gasteiger partial charge in [0.05, 0.1) is 0 Å². The summed E-state index contributed by atoms with van der Waals surface area (Å²) in [5, 5.41) is 3.46. The Labute approximate surface area is 122 Å². The molecule has 2 aromatic rings. The van der Waals surface area contributed by atoms with Crippen molar-refractivity contribution in [2.45, 2.75) is 33.2 Å². The first-order valence-corrected chi connectivity index (χ1v) is 7.65. The van der Waals surface area contributed by atoms with Crippen LogP contribution in [-0.2, 0) is 19.4 Å². The van der Waals surface area contributed by atoms with Crippen LogP contribution in [0.15, 0.2) is 42.5 Å². The van der Waals surface area contributed by atoms with Crippen LogP contribution in [0.1, 0.15) is 30.5 Å². The van der Waals surface area contributed by atoms with Crippen molar-refractivity contribution < 1.29 is 0 Å². The predicted octanol–water partition coefficient (Wildman–Crippen LogP) is 4.20. The maximum Gasteiger partial charge on any atom is 0.0208 e. The van der Waals surface area contributed by atoms with Crippen LogP contribution >= 0.6 is 0 Å². The Morgan fingerprint density at radius 1 is 1.10 bits per heavy atom. The molecule has 0 unspecified atom stereocenters. The fourth-order valence-electron chi connectivity index (χ4n) is 3.14. The maximum atomic E-state index is 3.46. The summed E-state index contributed by atoms with van der Waals surface area (Å²) in [4.78, 5) is 0. The zero-order chi connectivity index (χ0) is 13.9. The van der Waals surface area contributed by atoms with E-state index >= 15 is 0 Å². The van der Waals surface area contributed by atoms with Crippen LogP contribution in [0, 0.1) is 5.92 Å². The van der Waals surface area contributed by atoms with Gasteiger partial charge in [0.25, 0.3) is 0 Å². The summed E-state index contributed by atoms with van der Waals surface area (Å²) < 4.78 is 0. The molecule has 0 bridgehead atoms. The number of fused-ring (bicyclic) bond motifs is 1. The van der Waals surface area contributed by atoms with Gasteiger partial charge < -0.3 is 5.32 Å². The molecule has 2 aromatic carbocycles. The number of rotatable bonds is 3. The lowest BCUT2D eigenvalue weighted by molar-refractivity contribution is 0.644. The van der Waals surface area contributed by atoms with Crippen molar-refractivity contribution in [3.05, 3.63) is 59.2 Å². The van der Waals surface area contributed by atoms with Crippen molar-refractivity contribution in [2.24, 2.45) is 5.92 Å². The van der Waals surface area contributed by atoms with Crippen molar-refractivity contribution >= 4 is 0 Å². The van der Waals surface area contributed by atoms with Gasteiger partial charge in [0, 0.05) is 6.54 Å². The molecule has 1 heterocycles. The van der Waals surface area contributed by atoms with Crippen LogP contribution < -0.4 is 5.32 Å². The lowest BCUT2D eigenvalue weighted by Gasteiger charge is -2.21. The van der Waals surface area contributed by atoms with E-state index in [-0.39, 0.29) is 0 Å². The first kappa shape index (κ1) is 13.4. The van der Waals surface area contributed by atoms with E-state index in [9.17, 15) is 0 Å². The average molecular weight is 265 g/mol. The van der Waals surface area contributed by atoms with Crippen molar-refractivity contribution in [1.82, 2.24) is 5.32 Å². The van der Waals surface area contributed by atoms with Gasteiger partial charge in [0.1, 0.15) is 0 Å². The van der Waals surface area contributed by atoms with Crippen LogP contribution in [0.5, 0.6) is 0 Å². The SMILES string of the molecule is CC(C)Cc1cccc(-c2cccc3c2CCNC3)c1. The molecule has 0 fully saturated rings. The molecule has 0 atom stereocenters. The number of benzene rings is 2. The summed E-state index contributed by atoms with van der Waals surface area (Å²) in [6.45, 7) is 6.66. The third kappa shape index (κ3) is 2.78. The second kappa shape index (κ2) is 5.80. The second-order valence-corrected chi connectivity index (χ2v) is 6.17. The van der Waals surface area contributed by atoms with Crippen molar-refractivity contribution in [2.75, 3.05) is 6.54 Å². The van der Waals surface area contributed by atoms with Crippen molar-refractivity contribution in [3.63, 3.8) is 0 Å². The van der Waals surface area contributed by atoms with E-state index in [0.29, 0.717) is 5.92 Å². The number of nitrogens with one attached hydrogen (secondary N) is 1. The molecule has 1 aliphatic heterocycles. The highest BCUT2D eigenvalue weighted by molar-refractivity contribution is 5.69. The van der Waals surface area contributed by atoms with Gasteiger partial charge in [-0.05, 0) is 53.1 Å². The molecule has 0 aliphatic carbocycles. The van der Waals surface area contributed by atoms with Crippen LogP contribution in [-0.4, -0.2) is 6.54 Å². The maximum absolute atomic E-state index is 3.46. The van der Waals surface area contributed by atoms with E-state index < -0.39 is 0 Å².